The highest BCUT2D eigenvalue weighted by molar-refractivity contribution is 7.14. The van der Waals surface area contributed by atoms with Crippen molar-refractivity contribution in [2.24, 2.45) is 0 Å². The van der Waals surface area contributed by atoms with Crippen molar-refractivity contribution in [1.29, 1.82) is 0 Å². The van der Waals surface area contributed by atoms with Crippen LogP contribution in [0.25, 0.3) is 0 Å². The summed E-state index contributed by atoms with van der Waals surface area (Å²) in [6, 6.07) is 2.27. The summed E-state index contributed by atoms with van der Waals surface area (Å²) >= 11 is 1.87. The lowest BCUT2D eigenvalue weighted by Gasteiger charge is -2.22. The van der Waals surface area contributed by atoms with Gasteiger partial charge in [0.2, 0.25) is 0 Å². The average Bonchev–Trinajstić information content (AvgIpc) is 2.79. The van der Waals surface area contributed by atoms with Gasteiger partial charge < -0.3 is 10.1 Å². The van der Waals surface area contributed by atoms with Gasteiger partial charge in [-0.2, -0.15) is 0 Å². The van der Waals surface area contributed by atoms with E-state index in [1.165, 1.54) is 32.1 Å². The minimum atomic E-state index is 0.400. The van der Waals surface area contributed by atoms with Gasteiger partial charge >= 0.3 is 0 Å². The lowest BCUT2D eigenvalue weighted by Crippen LogP contribution is -2.36. The first-order chi connectivity index (χ1) is 7.42. The Labute approximate surface area is 94.6 Å². The van der Waals surface area contributed by atoms with Gasteiger partial charge in [-0.3, -0.25) is 0 Å². The molecule has 1 aromatic rings. The third-order valence-electron chi connectivity index (χ3n) is 3.26. The number of hydrogen-bond donors (Lipinski definition) is 1. The second-order valence-corrected chi connectivity index (χ2v) is 5.55. The van der Waals surface area contributed by atoms with Gasteiger partial charge in [0.25, 0.3) is 0 Å². The topological polar surface area (TPSA) is 21.3 Å². The minimum absolute atomic E-state index is 0.400. The van der Waals surface area contributed by atoms with Crippen LogP contribution in [0.3, 0.4) is 0 Å². The first-order valence-electron chi connectivity index (χ1n) is 5.91. The highest BCUT2D eigenvalue weighted by Gasteiger charge is 2.19. The summed E-state index contributed by atoms with van der Waals surface area (Å²) in [4.78, 5) is 1.56. The number of thiophene rings is 1. The molecule has 1 N–H and O–H groups in total. The molecule has 0 saturated carbocycles. The van der Waals surface area contributed by atoms with Gasteiger partial charge in [0.1, 0.15) is 6.10 Å². The van der Waals surface area contributed by atoms with E-state index >= 15 is 0 Å². The summed E-state index contributed by atoms with van der Waals surface area (Å²) in [6.45, 7) is 2.17. The standard InChI is InChI=1S/C12H17NOS/c1-3-9-7-12(15-11(9)5-1)14-10-4-2-6-13-8-10/h7,10,13H,1-6,8H2. The summed E-state index contributed by atoms with van der Waals surface area (Å²) in [5.74, 6) is 0. The van der Waals surface area contributed by atoms with E-state index in [-0.39, 0.29) is 0 Å². The van der Waals surface area contributed by atoms with E-state index in [0.29, 0.717) is 6.10 Å². The molecule has 0 bridgehead atoms. The van der Waals surface area contributed by atoms with Gasteiger partial charge in [0.05, 0.1) is 0 Å². The molecule has 1 aromatic heterocycles. The number of rotatable bonds is 2. The normalized spacial score (nSPS) is 25.2. The molecule has 0 aromatic carbocycles. The molecule has 1 fully saturated rings. The zero-order valence-corrected chi connectivity index (χ0v) is 9.74. The summed E-state index contributed by atoms with van der Waals surface area (Å²) in [5.41, 5.74) is 1.54. The van der Waals surface area contributed by atoms with E-state index in [0.717, 1.165) is 18.2 Å². The molecular formula is C12H17NOS. The SMILES string of the molecule is c1c(OC2CCCNC2)sc2c1CCC2. The zero-order valence-electron chi connectivity index (χ0n) is 8.92. The van der Waals surface area contributed by atoms with Gasteiger partial charge in [0, 0.05) is 11.4 Å². The molecule has 0 radical (unpaired) electrons. The maximum absolute atomic E-state index is 6.01. The number of aryl methyl sites for hydroxylation is 2. The van der Waals surface area contributed by atoms with Crippen molar-refractivity contribution in [2.45, 2.75) is 38.2 Å². The van der Waals surface area contributed by atoms with Crippen molar-refractivity contribution in [3.63, 3.8) is 0 Å². The molecule has 1 unspecified atom stereocenters. The Morgan fingerprint density at radius 1 is 1.33 bits per heavy atom. The van der Waals surface area contributed by atoms with Gasteiger partial charge in [-0.1, -0.05) is 0 Å². The number of ether oxygens (including phenoxy) is 1. The van der Waals surface area contributed by atoms with Crippen LogP contribution in [0.15, 0.2) is 6.07 Å². The first kappa shape index (κ1) is 9.67. The average molecular weight is 223 g/mol. The summed E-state index contributed by atoms with van der Waals surface area (Å²) < 4.78 is 6.01. The number of nitrogens with one attached hydrogen (secondary N) is 1. The van der Waals surface area contributed by atoms with E-state index in [1.807, 2.05) is 11.3 Å². The van der Waals surface area contributed by atoms with Crippen LogP contribution in [0.5, 0.6) is 5.06 Å². The van der Waals surface area contributed by atoms with Crippen LogP contribution < -0.4 is 10.1 Å². The third kappa shape index (κ3) is 2.04. The molecule has 2 aliphatic rings. The van der Waals surface area contributed by atoms with Crippen LogP contribution in [0, 0.1) is 0 Å². The van der Waals surface area contributed by atoms with Crippen molar-refractivity contribution in [3.8, 4) is 5.06 Å². The molecule has 1 saturated heterocycles. The molecule has 0 spiro atoms. The lowest BCUT2D eigenvalue weighted by molar-refractivity contribution is 0.172. The van der Waals surface area contributed by atoms with Crippen LogP contribution in [-0.2, 0) is 12.8 Å². The fourth-order valence-corrected chi connectivity index (χ4v) is 3.61. The third-order valence-corrected chi connectivity index (χ3v) is 4.39. The second kappa shape index (κ2) is 4.14. The Bertz CT molecular complexity index is 320. The minimum Gasteiger partial charge on any atom is -0.480 e. The van der Waals surface area contributed by atoms with Crippen LogP contribution >= 0.6 is 11.3 Å². The van der Waals surface area contributed by atoms with Gasteiger partial charge in [-0.25, -0.2) is 0 Å². The Kier molecular flexibility index (Phi) is 2.67. The maximum Gasteiger partial charge on any atom is 0.174 e. The highest BCUT2D eigenvalue weighted by Crippen LogP contribution is 2.36. The van der Waals surface area contributed by atoms with Crippen LogP contribution in [0.2, 0.25) is 0 Å². The molecule has 1 aliphatic heterocycles. The molecule has 3 rings (SSSR count). The van der Waals surface area contributed by atoms with Crippen LogP contribution in [-0.4, -0.2) is 19.2 Å². The Hall–Kier alpha value is -0.540. The van der Waals surface area contributed by atoms with Crippen LogP contribution in [0.1, 0.15) is 29.7 Å². The van der Waals surface area contributed by atoms with Gasteiger partial charge in [0.15, 0.2) is 5.06 Å². The van der Waals surface area contributed by atoms with Crippen molar-refractivity contribution in [3.05, 3.63) is 16.5 Å². The maximum atomic E-state index is 6.01. The van der Waals surface area contributed by atoms with Crippen LogP contribution in [0.4, 0.5) is 0 Å². The molecule has 82 valence electrons. The highest BCUT2D eigenvalue weighted by atomic mass is 32.1. The molecular weight excluding hydrogens is 206 g/mol. The molecule has 0 amide bonds. The number of piperidine rings is 1. The van der Waals surface area contributed by atoms with E-state index in [4.69, 9.17) is 4.74 Å². The van der Waals surface area contributed by atoms with Crippen molar-refractivity contribution in [1.82, 2.24) is 5.32 Å². The lowest BCUT2D eigenvalue weighted by atomic mass is 10.1. The van der Waals surface area contributed by atoms with Gasteiger partial charge in [-0.05, 0) is 50.3 Å². The monoisotopic (exact) mass is 223 g/mol. The Balaban J connectivity index is 1.66. The molecule has 3 heteroatoms. The molecule has 1 atom stereocenters. The largest absolute Gasteiger partial charge is 0.480 e. The zero-order chi connectivity index (χ0) is 10.1. The Morgan fingerprint density at radius 3 is 3.13 bits per heavy atom. The summed E-state index contributed by atoms with van der Waals surface area (Å²) in [7, 11) is 0. The van der Waals surface area contributed by atoms with Crippen molar-refractivity contribution >= 4 is 11.3 Å². The quantitative estimate of drug-likeness (QED) is 0.831. The van der Waals surface area contributed by atoms with E-state index in [2.05, 4.69) is 11.4 Å². The smallest absolute Gasteiger partial charge is 0.174 e. The molecule has 2 nitrogen and oxygen atoms in total. The first-order valence-corrected chi connectivity index (χ1v) is 6.72. The predicted molar refractivity (Wildman–Crippen MR) is 62.9 cm³/mol. The van der Waals surface area contributed by atoms with E-state index in [9.17, 15) is 0 Å². The molecule has 1 aliphatic carbocycles. The summed E-state index contributed by atoms with van der Waals surface area (Å²) in [6.07, 6.45) is 6.72. The second-order valence-electron chi connectivity index (χ2n) is 4.45. The van der Waals surface area contributed by atoms with Gasteiger partial charge in [-0.15, -0.1) is 11.3 Å². The predicted octanol–water partition coefficient (Wildman–Crippen LogP) is 2.37. The van der Waals surface area contributed by atoms with Crippen molar-refractivity contribution in [2.75, 3.05) is 13.1 Å². The summed E-state index contributed by atoms with van der Waals surface area (Å²) in [5, 5.41) is 4.53. The fraction of sp³-hybridized carbons (Fsp3) is 0.667. The van der Waals surface area contributed by atoms with E-state index in [1.54, 1.807) is 10.4 Å². The molecule has 15 heavy (non-hydrogen) atoms. The fourth-order valence-electron chi connectivity index (χ4n) is 2.44. The Morgan fingerprint density at radius 2 is 2.33 bits per heavy atom. The van der Waals surface area contributed by atoms with E-state index < -0.39 is 0 Å². The van der Waals surface area contributed by atoms with Crippen molar-refractivity contribution < 1.29 is 4.74 Å². The number of hydrogen-bond acceptors (Lipinski definition) is 3. The molecule has 2 heterocycles. The number of fused-ring (bicyclic) bond motifs is 1.